The van der Waals surface area contributed by atoms with Crippen LogP contribution in [-0.4, -0.2) is 6.10 Å². The van der Waals surface area contributed by atoms with Crippen molar-refractivity contribution in [2.75, 3.05) is 0 Å². The van der Waals surface area contributed by atoms with Crippen molar-refractivity contribution in [3.63, 3.8) is 0 Å². The Kier molecular flexibility index (Phi) is 4.41. The summed E-state index contributed by atoms with van der Waals surface area (Å²) in [5.41, 5.74) is 1.17. The fourth-order valence-electron chi connectivity index (χ4n) is 1.26. The molecule has 0 radical (unpaired) electrons. The highest BCUT2D eigenvalue weighted by Gasteiger charge is 2.10. The predicted octanol–water partition coefficient (Wildman–Crippen LogP) is 3.73. The molecule has 1 aromatic rings. The molecule has 0 N–H and O–H groups in total. The van der Waals surface area contributed by atoms with Crippen molar-refractivity contribution < 1.29 is 4.74 Å². The van der Waals surface area contributed by atoms with Crippen molar-refractivity contribution in [3.8, 4) is 0 Å². The van der Waals surface area contributed by atoms with Crippen molar-refractivity contribution in [1.82, 2.24) is 0 Å². The zero-order valence-corrected chi connectivity index (χ0v) is 8.94. The van der Waals surface area contributed by atoms with Crippen LogP contribution in [0, 0.1) is 0 Å². The molecule has 0 aliphatic rings. The Balaban J connectivity index is 2.68. The molecule has 0 saturated heterocycles. The molecule has 2 unspecified atom stereocenters. The van der Waals surface area contributed by atoms with Crippen LogP contribution in [0.15, 0.2) is 43.0 Å². The van der Waals surface area contributed by atoms with Crippen LogP contribution >= 0.6 is 0 Å². The van der Waals surface area contributed by atoms with E-state index in [1.54, 1.807) is 0 Å². The molecule has 0 fully saturated rings. The Morgan fingerprint density at radius 3 is 2.50 bits per heavy atom. The maximum atomic E-state index is 5.82. The molecule has 0 aliphatic carbocycles. The Morgan fingerprint density at radius 2 is 2.00 bits per heavy atom. The lowest BCUT2D eigenvalue weighted by molar-refractivity contribution is 0.0218. The van der Waals surface area contributed by atoms with E-state index in [1.165, 1.54) is 5.56 Å². The molecule has 1 aromatic carbocycles. The smallest absolute Gasteiger partial charge is 0.101 e. The summed E-state index contributed by atoms with van der Waals surface area (Å²) in [6, 6.07) is 10.2. The average molecular weight is 190 g/mol. The molecule has 0 heterocycles. The third-order valence-electron chi connectivity index (χ3n) is 2.30. The molecule has 14 heavy (non-hydrogen) atoms. The van der Waals surface area contributed by atoms with Gasteiger partial charge in [0.2, 0.25) is 0 Å². The second-order valence-electron chi connectivity index (χ2n) is 3.42. The Bertz CT molecular complexity index is 266. The van der Waals surface area contributed by atoms with E-state index in [9.17, 15) is 0 Å². The Labute approximate surface area is 86.4 Å². The molecular weight excluding hydrogens is 172 g/mol. The summed E-state index contributed by atoms with van der Waals surface area (Å²) in [4.78, 5) is 0. The lowest BCUT2D eigenvalue weighted by Crippen LogP contribution is -2.10. The van der Waals surface area contributed by atoms with Crippen LogP contribution in [0.2, 0.25) is 0 Å². The Morgan fingerprint density at radius 1 is 1.36 bits per heavy atom. The minimum Gasteiger partial charge on any atom is -0.367 e. The normalized spacial score (nSPS) is 14.7. The Hall–Kier alpha value is -1.08. The summed E-state index contributed by atoms with van der Waals surface area (Å²) < 4.78 is 5.82. The molecule has 0 aliphatic heterocycles. The van der Waals surface area contributed by atoms with Crippen molar-refractivity contribution in [2.45, 2.75) is 32.5 Å². The topological polar surface area (TPSA) is 9.23 Å². The van der Waals surface area contributed by atoms with E-state index in [2.05, 4.69) is 32.6 Å². The third kappa shape index (κ3) is 3.00. The van der Waals surface area contributed by atoms with Crippen LogP contribution in [0.4, 0.5) is 0 Å². The van der Waals surface area contributed by atoms with E-state index in [0.717, 1.165) is 6.42 Å². The van der Waals surface area contributed by atoms with Crippen LogP contribution in [-0.2, 0) is 4.74 Å². The fourth-order valence-corrected chi connectivity index (χ4v) is 1.26. The van der Waals surface area contributed by atoms with Crippen LogP contribution in [0.5, 0.6) is 0 Å². The van der Waals surface area contributed by atoms with Crippen molar-refractivity contribution in [2.24, 2.45) is 0 Å². The van der Waals surface area contributed by atoms with E-state index in [0.29, 0.717) is 0 Å². The van der Waals surface area contributed by atoms with Gasteiger partial charge in [-0.3, -0.25) is 0 Å². The number of rotatable bonds is 5. The van der Waals surface area contributed by atoms with Gasteiger partial charge in [0.25, 0.3) is 0 Å². The number of hydrogen-bond donors (Lipinski definition) is 0. The van der Waals surface area contributed by atoms with Gasteiger partial charge in [-0.2, -0.15) is 0 Å². The van der Waals surface area contributed by atoms with E-state index >= 15 is 0 Å². The maximum absolute atomic E-state index is 5.82. The first-order valence-corrected chi connectivity index (χ1v) is 5.11. The van der Waals surface area contributed by atoms with Crippen molar-refractivity contribution in [1.29, 1.82) is 0 Å². The second-order valence-corrected chi connectivity index (χ2v) is 3.42. The monoisotopic (exact) mass is 190 g/mol. The predicted molar refractivity (Wildman–Crippen MR) is 60.2 cm³/mol. The lowest BCUT2D eigenvalue weighted by Gasteiger charge is -2.18. The van der Waals surface area contributed by atoms with Crippen LogP contribution < -0.4 is 0 Å². The maximum Gasteiger partial charge on any atom is 0.101 e. The minimum atomic E-state index is 0.0196. The standard InChI is InChI=1S/C13H18O/c1-4-11(3)14-13(5-2)12-9-7-6-8-10-12/h5-11,13H,2,4H2,1,3H3. The molecular formula is C13H18O. The quantitative estimate of drug-likeness (QED) is 0.643. The number of benzene rings is 1. The fraction of sp³-hybridized carbons (Fsp3) is 0.385. The highest BCUT2D eigenvalue weighted by molar-refractivity contribution is 5.20. The van der Waals surface area contributed by atoms with Gasteiger partial charge in [0, 0.05) is 0 Å². The molecule has 2 atom stereocenters. The molecule has 1 rings (SSSR count). The molecule has 76 valence electrons. The zero-order chi connectivity index (χ0) is 10.4. The molecule has 1 nitrogen and oxygen atoms in total. The molecule has 0 aromatic heterocycles. The van der Waals surface area contributed by atoms with E-state index in [1.807, 2.05) is 24.3 Å². The highest BCUT2D eigenvalue weighted by atomic mass is 16.5. The zero-order valence-electron chi connectivity index (χ0n) is 8.94. The van der Waals surface area contributed by atoms with Gasteiger partial charge >= 0.3 is 0 Å². The van der Waals surface area contributed by atoms with Crippen LogP contribution in [0.25, 0.3) is 0 Å². The second kappa shape index (κ2) is 5.61. The van der Waals surface area contributed by atoms with Gasteiger partial charge in [0.15, 0.2) is 0 Å². The van der Waals surface area contributed by atoms with E-state index in [-0.39, 0.29) is 12.2 Å². The molecule has 0 bridgehead atoms. The molecule has 0 amide bonds. The van der Waals surface area contributed by atoms with Gasteiger partial charge < -0.3 is 4.74 Å². The number of ether oxygens (including phenoxy) is 1. The molecule has 1 heteroatoms. The molecule has 0 spiro atoms. The van der Waals surface area contributed by atoms with Gasteiger partial charge in [-0.15, -0.1) is 6.58 Å². The van der Waals surface area contributed by atoms with Gasteiger partial charge in [-0.25, -0.2) is 0 Å². The summed E-state index contributed by atoms with van der Waals surface area (Å²) in [5, 5.41) is 0. The van der Waals surface area contributed by atoms with Crippen LogP contribution in [0.3, 0.4) is 0 Å². The summed E-state index contributed by atoms with van der Waals surface area (Å²) in [6.45, 7) is 8.00. The van der Waals surface area contributed by atoms with Gasteiger partial charge in [0.1, 0.15) is 6.10 Å². The summed E-state index contributed by atoms with van der Waals surface area (Å²) in [5.74, 6) is 0. The highest BCUT2D eigenvalue weighted by Crippen LogP contribution is 2.20. The molecule has 0 saturated carbocycles. The van der Waals surface area contributed by atoms with Gasteiger partial charge in [-0.1, -0.05) is 43.3 Å². The van der Waals surface area contributed by atoms with Gasteiger partial charge in [-0.05, 0) is 18.9 Å². The van der Waals surface area contributed by atoms with E-state index < -0.39 is 0 Å². The lowest BCUT2D eigenvalue weighted by atomic mass is 10.1. The minimum absolute atomic E-state index is 0.0196. The summed E-state index contributed by atoms with van der Waals surface area (Å²) >= 11 is 0. The number of hydrogen-bond acceptors (Lipinski definition) is 1. The largest absolute Gasteiger partial charge is 0.367 e. The van der Waals surface area contributed by atoms with Crippen molar-refractivity contribution >= 4 is 0 Å². The van der Waals surface area contributed by atoms with Crippen LogP contribution in [0.1, 0.15) is 31.9 Å². The SMILES string of the molecule is C=CC(OC(C)CC)c1ccccc1. The van der Waals surface area contributed by atoms with Gasteiger partial charge in [0.05, 0.1) is 6.10 Å². The summed E-state index contributed by atoms with van der Waals surface area (Å²) in [7, 11) is 0. The summed E-state index contributed by atoms with van der Waals surface area (Å²) in [6.07, 6.45) is 3.17. The average Bonchev–Trinajstić information content (AvgIpc) is 2.26. The first kappa shape index (κ1) is 11.0. The third-order valence-corrected chi connectivity index (χ3v) is 2.30. The first-order valence-electron chi connectivity index (χ1n) is 5.11. The first-order chi connectivity index (χ1) is 6.77. The van der Waals surface area contributed by atoms with Crippen molar-refractivity contribution in [3.05, 3.63) is 48.6 Å². The van der Waals surface area contributed by atoms with E-state index in [4.69, 9.17) is 4.74 Å².